The molecule has 29 heavy (non-hydrogen) atoms. The Labute approximate surface area is 176 Å². The van der Waals surface area contributed by atoms with E-state index >= 15 is 0 Å². The van der Waals surface area contributed by atoms with Crippen LogP contribution in [0.4, 0.5) is 4.39 Å². The Balaban J connectivity index is 1.58. The quantitative estimate of drug-likeness (QED) is 0.565. The number of carbonyl (C=O) groups excluding carboxylic acids is 1. The predicted molar refractivity (Wildman–Crippen MR) is 112 cm³/mol. The van der Waals surface area contributed by atoms with E-state index in [4.69, 9.17) is 12.2 Å². The van der Waals surface area contributed by atoms with Crippen LogP contribution in [0, 0.1) is 10.6 Å². The molecule has 2 heterocycles. The van der Waals surface area contributed by atoms with E-state index in [1.807, 2.05) is 37.1 Å². The van der Waals surface area contributed by atoms with Crippen LogP contribution in [0.5, 0.6) is 0 Å². The largest absolute Gasteiger partial charge is 0.347 e. The topological polar surface area (TPSA) is 60.7 Å². The van der Waals surface area contributed by atoms with Gasteiger partial charge in [0.1, 0.15) is 32.0 Å². The molecule has 0 atom stereocenters. The first-order valence-corrected chi connectivity index (χ1v) is 10.4. The Morgan fingerprint density at radius 2 is 1.76 bits per heavy atom. The summed E-state index contributed by atoms with van der Waals surface area (Å²) in [5.41, 5.74) is 0.647. The second-order valence-electron chi connectivity index (χ2n) is 8.80. The van der Waals surface area contributed by atoms with Crippen LogP contribution >= 0.6 is 12.2 Å². The average molecular weight is 423 g/mol. The van der Waals surface area contributed by atoms with Gasteiger partial charge in [-0.2, -0.15) is 4.68 Å². The zero-order valence-corrected chi connectivity index (χ0v) is 18.4. The highest BCUT2D eigenvalue weighted by atomic mass is 32.1. The van der Waals surface area contributed by atoms with E-state index in [-0.39, 0.29) is 17.3 Å². The number of halogens is 1. The fourth-order valence-electron chi connectivity index (χ4n) is 3.63. The van der Waals surface area contributed by atoms with Crippen LogP contribution in [0.15, 0.2) is 24.3 Å². The molecule has 1 saturated heterocycles. The average Bonchev–Trinajstić information content (AvgIpc) is 2.91. The Bertz CT molecular complexity index is 907. The van der Waals surface area contributed by atoms with Gasteiger partial charge in [0.2, 0.25) is 4.77 Å². The molecular formula is C20H31FN6OS+2. The van der Waals surface area contributed by atoms with Crippen molar-refractivity contribution in [1.29, 1.82) is 0 Å². The van der Waals surface area contributed by atoms with Gasteiger partial charge in [0.15, 0.2) is 19.0 Å². The molecule has 1 aliphatic rings. The van der Waals surface area contributed by atoms with Crippen molar-refractivity contribution in [2.45, 2.75) is 33.0 Å². The zero-order chi connectivity index (χ0) is 21.2. The molecule has 1 aromatic heterocycles. The number of nitrogens with zero attached hydrogens (tertiary/aromatic N) is 3. The fourth-order valence-corrected chi connectivity index (χ4v) is 3.83. The minimum Gasteiger partial charge on any atom is -0.347 e. The number of carbonyl (C=O) groups is 1. The lowest BCUT2D eigenvalue weighted by Gasteiger charge is -2.30. The molecule has 1 aromatic carbocycles. The maximum absolute atomic E-state index is 13.2. The predicted octanol–water partition coefficient (Wildman–Crippen LogP) is -0.587. The highest BCUT2D eigenvalue weighted by molar-refractivity contribution is 7.71. The second kappa shape index (κ2) is 8.73. The third kappa shape index (κ3) is 5.71. The molecule has 0 aliphatic carbocycles. The molecule has 0 radical (unpaired) electrons. The van der Waals surface area contributed by atoms with Crippen molar-refractivity contribution in [3.8, 4) is 11.4 Å². The van der Waals surface area contributed by atoms with Crippen molar-refractivity contribution < 1.29 is 19.0 Å². The maximum atomic E-state index is 13.2. The van der Waals surface area contributed by atoms with Gasteiger partial charge in [0.05, 0.1) is 0 Å². The Hall–Kier alpha value is -2.10. The summed E-state index contributed by atoms with van der Waals surface area (Å²) in [6.07, 6.45) is 0. The van der Waals surface area contributed by atoms with E-state index in [1.54, 1.807) is 12.1 Å². The van der Waals surface area contributed by atoms with Crippen LogP contribution in [0.3, 0.4) is 0 Å². The first kappa shape index (κ1) is 21.6. The Morgan fingerprint density at radius 1 is 1.17 bits per heavy atom. The summed E-state index contributed by atoms with van der Waals surface area (Å²) in [7, 11) is 1.88. The van der Waals surface area contributed by atoms with Crippen molar-refractivity contribution in [3.63, 3.8) is 0 Å². The van der Waals surface area contributed by atoms with Gasteiger partial charge in [-0.1, -0.05) is 0 Å². The molecule has 0 unspecified atom stereocenters. The van der Waals surface area contributed by atoms with E-state index in [0.29, 0.717) is 18.0 Å². The van der Waals surface area contributed by atoms with Crippen LogP contribution in [0.1, 0.15) is 20.8 Å². The number of rotatable bonds is 5. The molecule has 158 valence electrons. The number of piperazine rings is 1. The van der Waals surface area contributed by atoms with Crippen molar-refractivity contribution in [2.75, 3.05) is 32.7 Å². The first-order chi connectivity index (χ1) is 13.6. The standard InChI is InChI=1S/C20H29FN6OS/c1-20(2,3)22-17(28)13-25-9-11-26(12-10-25)14-27-19(29)24(4)18(23-27)15-5-7-16(21)8-6-15/h5-8H,9-14H2,1-4H3,(H,22,28)/p+2. The van der Waals surface area contributed by atoms with Gasteiger partial charge in [-0.05, 0) is 57.3 Å². The molecule has 0 saturated carbocycles. The smallest absolute Gasteiger partial charge is 0.275 e. The van der Waals surface area contributed by atoms with Gasteiger partial charge in [-0.25, -0.2) is 4.39 Å². The minimum atomic E-state index is -0.268. The van der Waals surface area contributed by atoms with Crippen LogP contribution in [0.2, 0.25) is 0 Å². The molecule has 1 fully saturated rings. The lowest BCUT2D eigenvalue weighted by atomic mass is 10.1. The highest BCUT2D eigenvalue weighted by Crippen LogP contribution is 2.17. The first-order valence-electron chi connectivity index (χ1n) is 10.0. The van der Waals surface area contributed by atoms with Crippen molar-refractivity contribution in [3.05, 3.63) is 34.9 Å². The summed E-state index contributed by atoms with van der Waals surface area (Å²) in [5, 5.41) is 7.70. The monoisotopic (exact) mass is 422 g/mol. The van der Waals surface area contributed by atoms with Crippen LogP contribution in [-0.2, 0) is 18.5 Å². The van der Waals surface area contributed by atoms with Crippen molar-refractivity contribution in [1.82, 2.24) is 19.7 Å². The molecule has 3 N–H and O–H groups in total. The molecule has 1 amide bonds. The summed E-state index contributed by atoms with van der Waals surface area (Å²) < 4.78 is 17.6. The Kier molecular flexibility index (Phi) is 6.50. The molecular weight excluding hydrogens is 391 g/mol. The van der Waals surface area contributed by atoms with Crippen molar-refractivity contribution >= 4 is 18.1 Å². The number of quaternary nitrogens is 2. The molecule has 0 spiro atoms. The minimum absolute atomic E-state index is 0.104. The summed E-state index contributed by atoms with van der Waals surface area (Å²) in [5.74, 6) is 0.569. The molecule has 1 aliphatic heterocycles. The second-order valence-corrected chi connectivity index (χ2v) is 9.17. The Morgan fingerprint density at radius 3 is 2.34 bits per heavy atom. The molecule has 2 aromatic rings. The molecule has 3 rings (SSSR count). The molecule has 7 nitrogen and oxygen atoms in total. The van der Waals surface area contributed by atoms with Gasteiger partial charge < -0.3 is 19.7 Å². The fraction of sp³-hybridized carbons (Fsp3) is 0.550. The number of hydrogen-bond donors (Lipinski definition) is 3. The lowest BCUT2D eigenvalue weighted by molar-refractivity contribution is -1.02. The third-order valence-corrected chi connectivity index (χ3v) is 5.59. The number of aromatic nitrogens is 3. The van der Waals surface area contributed by atoms with E-state index < -0.39 is 0 Å². The van der Waals surface area contributed by atoms with Crippen LogP contribution < -0.4 is 15.1 Å². The van der Waals surface area contributed by atoms with Gasteiger partial charge in [0.25, 0.3) is 5.91 Å². The van der Waals surface area contributed by atoms with Crippen molar-refractivity contribution in [2.24, 2.45) is 7.05 Å². The van der Waals surface area contributed by atoms with Gasteiger partial charge in [-0.3, -0.25) is 4.79 Å². The highest BCUT2D eigenvalue weighted by Gasteiger charge is 2.27. The number of nitrogens with one attached hydrogen (secondary N) is 3. The third-order valence-electron chi connectivity index (χ3n) is 5.11. The molecule has 0 bridgehead atoms. The van der Waals surface area contributed by atoms with E-state index in [1.165, 1.54) is 21.9 Å². The van der Waals surface area contributed by atoms with Gasteiger partial charge >= 0.3 is 0 Å². The summed E-state index contributed by atoms with van der Waals surface area (Å²) >= 11 is 5.56. The zero-order valence-electron chi connectivity index (χ0n) is 17.6. The summed E-state index contributed by atoms with van der Waals surface area (Å²) in [4.78, 5) is 14.9. The van der Waals surface area contributed by atoms with E-state index in [0.717, 1.165) is 37.6 Å². The van der Waals surface area contributed by atoms with Crippen LogP contribution in [0.25, 0.3) is 11.4 Å². The number of benzene rings is 1. The molecule has 9 heteroatoms. The number of hydrogen-bond acceptors (Lipinski definition) is 3. The van der Waals surface area contributed by atoms with E-state index in [2.05, 4.69) is 10.4 Å². The number of amides is 1. The maximum Gasteiger partial charge on any atom is 0.275 e. The van der Waals surface area contributed by atoms with Gasteiger partial charge in [-0.15, -0.1) is 5.10 Å². The SMILES string of the molecule is Cn1c(-c2ccc(F)cc2)nn(C[NH+]2CC[NH+](CC(=O)NC(C)(C)C)CC2)c1=S. The lowest BCUT2D eigenvalue weighted by Crippen LogP contribution is -3.28. The van der Waals surface area contributed by atoms with Gasteiger partial charge in [0, 0.05) is 18.2 Å². The van der Waals surface area contributed by atoms with Crippen LogP contribution in [-0.4, -0.2) is 58.5 Å². The van der Waals surface area contributed by atoms with E-state index in [9.17, 15) is 9.18 Å². The normalized spacial score (nSPS) is 19.9. The summed E-state index contributed by atoms with van der Waals surface area (Å²) in [6, 6.07) is 6.30. The summed E-state index contributed by atoms with van der Waals surface area (Å²) in [6.45, 7) is 11.0.